The van der Waals surface area contributed by atoms with Crippen molar-refractivity contribution in [3.8, 4) is 5.75 Å². The molecule has 112 valence electrons. The molecular formula is C16H24BrNO2. The quantitative estimate of drug-likeness (QED) is 0.815. The topological polar surface area (TPSA) is 30.5 Å². The molecule has 1 N–H and O–H groups in total. The van der Waals surface area contributed by atoms with Crippen molar-refractivity contribution >= 4 is 15.9 Å². The summed E-state index contributed by atoms with van der Waals surface area (Å²) in [6, 6.07) is 6.77. The lowest BCUT2D eigenvalue weighted by molar-refractivity contribution is 0.177. The first-order valence-corrected chi connectivity index (χ1v) is 8.29. The van der Waals surface area contributed by atoms with Gasteiger partial charge in [-0.1, -0.05) is 19.9 Å². The Kier molecular flexibility index (Phi) is 6.33. The molecule has 0 spiro atoms. The molecule has 1 aliphatic heterocycles. The monoisotopic (exact) mass is 341 g/mol. The number of benzene rings is 1. The molecule has 20 heavy (non-hydrogen) atoms. The first kappa shape index (κ1) is 15.8. The molecule has 1 aliphatic rings. The van der Waals surface area contributed by atoms with Crippen molar-refractivity contribution in [2.45, 2.75) is 32.7 Å². The maximum absolute atomic E-state index is 5.71. The first-order chi connectivity index (χ1) is 9.76. The van der Waals surface area contributed by atoms with Crippen molar-refractivity contribution < 1.29 is 9.47 Å². The molecule has 2 unspecified atom stereocenters. The summed E-state index contributed by atoms with van der Waals surface area (Å²) >= 11 is 3.62. The number of hydrogen-bond acceptors (Lipinski definition) is 3. The third-order valence-corrected chi connectivity index (χ3v) is 4.26. The Morgan fingerprint density at radius 1 is 1.45 bits per heavy atom. The van der Waals surface area contributed by atoms with Crippen LogP contribution in [0.1, 0.15) is 38.3 Å². The second-order valence-electron chi connectivity index (χ2n) is 5.20. The zero-order valence-corrected chi connectivity index (χ0v) is 13.9. The fraction of sp³-hybridized carbons (Fsp3) is 0.625. The number of ether oxygens (including phenoxy) is 2. The summed E-state index contributed by atoms with van der Waals surface area (Å²) in [4.78, 5) is 0. The molecule has 0 bridgehead atoms. The zero-order chi connectivity index (χ0) is 14.4. The van der Waals surface area contributed by atoms with Crippen molar-refractivity contribution in [3.05, 3.63) is 28.2 Å². The minimum atomic E-state index is 0.360. The van der Waals surface area contributed by atoms with Crippen LogP contribution in [0.4, 0.5) is 0 Å². The van der Waals surface area contributed by atoms with E-state index in [0.717, 1.165) is 49.4 Å². The third kappa shape index (κ3) is 3.96. The van der Waals surface area contributed by atoms with Crippen LogP contribution in [0.25, 0.3) is 0 Å². The van der Waals surface area contributed by atoms with Crippen LogP contribution in [-0.4, -0.2) is 26.4 Å². The van der Waals surface area contributed by atoms with Gasteiger partial charge < -0.3 is 14.8 Å². The molecule has 1 saturated heterocycles. The third-order valence-electron chi connectivity index (χ3n) is 3.64. The van der Waals surface area contributed by atoms with Crippen LogP contribution in [0.2, 0.25) is 0 Å². The van der Waals surface area contributed by atoms with Crippen LogP contribution in [-0.2, 0) is 4.74 Å². The fourth-order valence-corrected chi connectivity index (χ4v) is 3.14. The Morgan fingerprint density at radius 3 is 2.90 bits per heavy atom. The molecule has 1 aromatic carbocycles. The van der Waals surface area contributed by atoms with Crippen molar-refractivity contribution in [3.63, 3.8) is 0 Å². The highest BCUT2D eigenvalue weighted by Crippen LogP contribution is 2.33. The summed E-state index contributed by atoms with van der Waals surface area (Å²) in [6.07, 6.45) is 2.15. The summed E-state index contributed by atoms with van der Waals surface area (Å²) in [7, 11) is 0. The van der Waals surface area contributed by atoms with Crippen molar-refractivity contribution in [1.82, 2.24) is 5.32 Å². The second-order valence-corrected chi connectivity index (χ2v) is 6.05. The summed E-state index contributed by atoms with van der Waals surface area (Å²) in [6.45, 7) is 7.72. The van der Waals surface area contributed by atoms with E-state index >= 15 is 0 Å². The highest BCUT2D eigenvalue weighted by atomic mass is 79.9. The number of nitrogens with one attached hydrogen (secondary N) is 1. The molecular weight excluding hydrogens is 318 g/mol. The summed E-state index contributed by atoms with van der Waals surface area (Å²) in [5, 5.41) is 3.59. The molecule has 0 radical (unpaired) electrons. The minimum absolute atomic E-state index is 0.360. The van der Waals surface area contributed by atoms with Crippen LogP contribution in [0.3, 0.4) is 0 Å². The van der Waals surface area contributed by atoms with Crippen LogP contribution < -0.4 is 10.1 Å². The Balaban J connectivity index is 2.14. The van der Waals surface area contributed by atoms with Crippen LogP contribution in [0, 0.1) is 5.92 Å². The van der Waals surface area contributed by atoms with Gasteiger partial charge in [0.15, 0.2) is 0 Å². The molecule has 2 rings (SSSR count). The van der Waals surface area contributed by atoms with Gasteiger partial charge in [-0.05, 0) is 53.0 Å². The fourth-order valence-electron chi connectivity index (χ4n) is 2.63. The van der Waals surface area contributed by atoms with Crippen LogP contribution in [0.15, 0.2) is 22.7 Å². The molecule has 1 heterocycles. The van der Waals surface area contributed by atoms with Crippen molar-refractivity contribution in [2.75, 3.05) is 26.4 Å². The molecule has 0 aromatic heterocycles. The molecule has 1 aromatic rings. The molecule has 0 amide bonds. The van der Waals surface area contributed by atoms with Crippen LogP contribution in [0.5, 0.6) is 5.75 Å². The number of rotatable bonds is 7. The van der Waals surface area contributed by atoms with Crippen LogP contribution >= 0.6 is 15.9 Å². The van der Waals surface area contributed by atoms with E-state index in [1.807, 2.05) is 0 Å². The lowest BCUT2D eigenvalue weighted by Crippen LogP contribution is -2.28. The van der Waals surface area contributed by atoms with E-state index in [9.17, 15) is 0 Å². The highest BCUT2D eigenvalue weighted by Gasteiger charge is 2.26. The smallest absolute Gasteiger partial charge is 0.133 e. The molecule has 1 fully saturated rings. The van der Waals surface area contributed by atoms with Crippen molar-refractivity contribution in [1.29, 1.82) is 0 Å². The normalized spacial score (nSPS) is 20.1. The predicted molar refractivity (Wildman–Crippen MR) is 85.3 cm³/mol. The largest absolute Gasteiger partial charge is 0.492 e. The average molecular weight is 342 g/mol. The zero-order valence-electron chi connectivity index (χ0n) is 12.3. The second kappa shape index (κ2) is 8.01. The average Bonchev–Trinajstić information content (AvgIpc) is 2.97. The maximum atomic E-state index is 5.71. The van der Waals surface area contributed by atoms with E-state index in [4.69, 9.17) is 9.47 Å². The van der Waals surface area contributed by atoms with E-state index in [1.54, 1.807) is 0 Å². The first-order valence-electron chi connectivity index (χ1n) is 7.49. The van der Waals surface area contributed by atoms with Gasteiger partial charge in [-0.25, -0.2) is 0 Å². The number of halogens is 1. The van der Waals surface area contributed by atoms with Gasteiger partial charge in [-0.15, -0.1) is 0 Å². The molecule has 3 nitrogen and oxygen atoms in total. The molecule has 2 atom stereocenters. The minimum Gasteiger partial charge on any atom is -0.492 e. The Bertz CT molecular complexity index is 419. The number of hydrogen-bond donors (Lipinski definition) is 1. The maximum Gasteiger partial charge on any atom is 0.133 e. The van der Waals surface area contributed by atoms with E-state index in [2.05, 4.69) is 53.3 Å². The van der Waals surface area contributed by atoms with Crippen molar-refractivity contribution in [2.24, 2.45) is 5.92 Å². The van der Waals surface area contributed by atoms with Gasteiger partial charge >= 0.3 is 0 Å². The SMILES string of the molecule is CCCOc1ccc(C(NCC)C2CCOC2)cc1Br. The Morgan fingerprint density at radius 2 is 2.30 bits per heavy atom. The van der Waals surface area contributed by atoms with Gasteiger partial charge in [0.25, 0.3) is 0 Å². The van der Waals surface area contributed by atoms with Gasteiger partial charge in [-0.3, -0.25) is 0 Å². The predicted octanol–water partition coefficient (Wildman–Crippen LogP) is 3.93. The molecule has 0 saturated carbocycles. The van der Waals surface area contributed by atoms with E-state index < -0.39 is 0 Å². The highest BCUT2D eigenvalue weighted by molar-refractivity contribution is 9.10. The Labute approximate surface area is 130 Å². The standard InChI is InChI=1S/C16H24BrNO2/c1-3-8-20-15-6-5-12(10-14(15)17)16(18-4-2)13-7-9-19-11-13/h5-6,10,13,16,18H,3-4,7-9,11H2,1-2H3. The van der Waals surface area contributed by atoms with Gasteiger partial charge in [-0.2, -0.15) is 0 Å². The van der Waals surface area contributed by atoms with E-state index in [-0.39, 0.29) is 0 Å². The lowest BCUT2D eigenvalue weighted by atomic mass is 9.92. The van der Waals surface area contributed by atoms with Gasteiger partial charge in [0.05, 0.1) is 17.7 Å². The van der Waals surface area contributed by atoms with Gasteiger partial charge in [0, 0.05) is 18.6 Å². The Hall–Kier alpha value is -0.580. The summed E-state index contributed by atoms with van der Waals surface area (Å²) in [5.74, 6) is 1.48. The summed E-state index contributed by atoms with van der Waals surface area (Å²) < 4.78 is 12.3. The van der Waals surface area contributed by atoms with Gasteiger partial charge in [0.2, 0.25) is 0 Å². The molecule has 0 aliphatic carbocycles. The molecule has 4 heteroatoms. The lowest BCUT2D eigenvalue weighted by Gasteiger charge is -2.24. The summed E-state index contributed by atoms with van der Waals surface area (Å²) in [5.41, 5.74) is 1.30. The van der Waals surface area contributed by atoms with E-state index in [0.29, 0.717) is 12.0 Å². The van der Waals surface area contributed by atoms with Gasteiger partial charge in [0.1, 0.15) is 5.75 Å². The van der Waals surface area contributed by atoms with E-state index in [1.165, 1.54) is 5.56 Å².